The minimum absolute atomic E-state index is 0.0380. The molecule has 1 amide bonds. The van der Waals surface area contributed by atoms with Gasteiger partial charge in [0.05, 0.1) is 5.56 Å². The van der Waals surface area contributed by atoms with Gasteiger partial charge < -0.3 is 4.90 Å². The van der Waals surface area contributed by atoms with Gasteiger partial charge in [-0.1, -0.05) is 17.3 Å². The number of amides is 1. The highest BCUT2D eigenvalue weighted by molar-refractivity contribution is 5.96. The standard InChI is InChI=1S/C19H21FN6O/c1-13-11-25(12-14-3-5-16(20)6-4-14)7-8-26(13)19(27)15-9-17-18(21-10-15)24(2)23-22-17/h3-6,9-10,13H,7-8,11-12H2,1-2H3. The van der Waals surface area contributed by atoms with Gasteiger partial charge in [0.25, 0.3) is 5.91 Å². The zero-order valence-corrected chi connectivity index (χ0v) is 15.3. The second kappa shape index (κ2) is 7.03. The number of piperazine rings is 1. The summed E-state index contributed by atoms with van der Waals surface area (Å²) in [4.78, 5) is 21.4. The van der Waals surface area contributed by atoms with E-state index in [0.29, 0.717) is 23.3 Å². The molecule has 0 aliphatic carbocycles. The molecule has 1 aromatic carbocycles. The first-order valence-corrected chi connectivity index (χ1v) is 8.94. The minimum Gasteiger partial charge on any atom is -0.333 e. The number of benzene rings is 1. The molecular weight excluding hydrogens is 347 g/mol. The van der Waals surface area contributed by atoms with Gasteiger partial charge in [-0.15, -0.1) is 5.10 Å². The van der Waals surface area contributed by atoms with Crippen molar-refractivity contribution >= 4 is 17.1 Å². The Bertz CT molecular complexity index is 970. The van der Waals surface area contributed by atoms with Crippen LogP contribution in [-0.2, 0) is 13.6 Å². The Balaban J connectivity index is 1.43. The molecule has 8 heteroatoms. The van der Waals surface area contributed by atoms with Gasteiger partial charge in [-0.25, -0.2) is 14.1 Å². The van der Waals surface area contributed by atoms with E-state index in [0.717, 1.165) is 25.2 Å². The van der Waals surface area contributed by atoms with Crippen molar-refractivity contribution in [1.82, 2.24) is 29.8 Å². The SMILES string of the molecule is CC1CN(Cc2ccc(F)cc2)CCN1C(=O)c1cnc2c(c1)nnn2C. The number of carbonyl (C=O) groups is 1. The minimum atomic E-state index is -0.226. The highest BCUT2D eigenvalue weighted by atomic mass is 19.1. The first-order valence-electron chi connectivity index (χ1n) is 8.94. The number of hydrogen-bond donors (Lipinski definition) is 0. The van der Waals surface area contributed by atoms with Crippen molar-refractivity contribution in [2.45, 2.75) is 19.5 Å². The molecule has 0 saturated carbocycles. The van der Waals surface area contributed by atoms with Crippen LogP contribution in [0, 0.1) is 5.82 Å². The molecule has 4 rings (SSSR count). The number of fused-ring (bicyclic) bond motifs is 1. The van der Waals surface area contributed by atoms with Crippen LogP contribution in [-0.4, -0.2) is 61.4 Å². The van der Waals surface area contributed by atoms with Crippen LogP contribution in [0.2, 0.25) is 0 Å². The number of pyridine rings is 1. The normalized spacial score (nSPS) is 18.2. The van der Waals surface area contributed by atoms with Crippen LogP contribution in [0.1, 0.15) is 22.8 Å². The average Bonchev–Trinajstić information content (AvgIpc) is 3.04. The number of nitrogens with zero attached hydrogens (tertiary/aromatic N) is 6. The van der Waals surface area contributed by atoms with Crippen molar-refractivity contribution < 1.29 is 9.18 Å². The van der Waals surface area contributed by atoms with E-state index in [-0.39, 0.29) is 17.8 Å². The predicted molar refractivity (Wildman–Crippen MR) is 98.5 cm³/mol. The topological polar surface area (TPSA) is 67.2 Å². The number of carbonyl (C=O) groups excluding carboxylic acids is 1. The van der Waals surface area contributed by atoms with Gasteiger partial charge in [0.15, 0.2) is 5.65 Å². The Labute approximate surface area is 156 Å². The molecule has 1 fully saturated rings. The lowest BCUT2D eigenvalue weighted by Gasteiger charge is -2.40. The lowest BCUT2D eigenvalue weighted by atomic mass is 10.1. The molecule has 140 valence electrons. The number of aromatic nitrogens is 4. The molecule has 3 heterocycles. The molecule has 7 nitrogen and oxygen atoms in total. The van der Waals surface area contributed by atoms with Gasteiger partial charge >= 0.3 is 0 Å². The van der Waals surface area contributed by atoms with Crippen molar-refractivity contribution in [1.29, 1.82) is 0 Å². The Morgan fingerprint density at radius 1 is 1.26 bits per heavy atom. The molecule has 27 heavy (non-hydrogen) atoms. The summed E-state index contributed by atoms with van der Waals surface area (Å²) in [5.74, 6) is -0.264. The fourth-order valence-electron chi connectivity index (χ4n) is 3.54. The van der Waals surface area contributed by atoms with Crippen LogP contribution >= 0.6 is 0 Å². The Kier molecular flexibility index (Phi) is 4.57. The van der Waals surface area contributed by atoms with Crippen LogP contribution in [0.5, 0.6) is 0 Å². The molecule has 0 bridgehead atoms. The number of hydrogen-bond acceptors (Lipinski definition) is 5. The number of halogens is 1. The summed E-state index contributed by atoms with van der Waals surface area (Å²) >= 11 is 0. The first-order chi connectivity index (χ1) is 13.0. The lowest BCUT2D eigenvalue weighted by Crippen LogP contribution is -2.53. The summed E-state index contributed by atoms with van der Waals surface area (Å²) in [6.07, 6.45) is 1.59. The highest BCUT2D eigenvalue weighted by Gasteiger charge is 2.28. The maximum Gasteiger partial charge on any atom is 0.255 e. The molecule has 1 unspecified atom stereocenters. The second-order valence-electron chi connectivity index (χ2n) is 6.99. The monoisotopic (exact) mass is 368 g/mol. The molecule has 0 N–H and O–H groups in total. The van der Waals surface area contributed by atoms with E-state index >= 15 is 0 Å². The third-order valence-corrected chi connectivity index (χ3v) is 4.98. The molecule has 1 aliphatic rings. The molecule has 0 spiro atoms. The summed E-state index contributed by atoms with van der Waals surface area (Å²) in [7, 11) is 1.77. The van der Waals surface area contributed by atoms with Crippen LogP contribution in [0.15, 0.2) is 36.5 Å². The van der Waals surface area contributed by atoms with E-state index in [1.165, 1.54) is 12.1 Å². The molecular formula is C19H21FN6O. The Morgan fingerprint density at radius 2 is 2.04 bits per heavy atom. The van der Waals surface area contributed by atoms with Gasteiger partial charge in [0.2, 0.25) is 0 Å². The fourth-order valence-corrected chi connectivity index (χ4v) is 3.54. The summed E-state index contributed by atoms with van der Waals surface area (Å²) in [5.41, 5.74) is 2.87. The first kappa shape index (κ1) is 17.5. The number of rotatable bonds is 3. The van der Waals surface area contributed by atoms with Gasteiger partial charge in [-0.3, -0.25) is 9.69 Å². The van der Waals surface area contributed by atoms with Crippen LogP contribution < -0.4 is 0 Å². The van der Waals surface area contributed by atoms with E-state index < -0.39 is 0 Å². The Morgan fingerprint density at radius 3 is 2.78 bits per heavy atom. The van der Waals surface area contributed by atoms with Crippen molar-refractivity contribution in [3.05, 3.63) is 53.5 Å². The van der Waals surface area contributed by atoms with E-state index in [1.807, 2.05) is 11.8 Å². The molecule has 3 aromatic rings. The van der Waals surface area contributed by atoms with Gasteiger partial charge in [0, 0.05) is 45.5 Å². The molecule has 1 aliphatic heterocycles. The van der Waals surface area contributed by atoms with Crippen LogP contribution in [0.3, 0.4) is 0 Å². The second-order valence-corrected chi connectivity index (χ2v) is 6.99. The third kappa shape index (κ3) is 3.52. The average molecular weight is 368 g/mol. The molecule has 1 atom stereocenters. The van der Waals surface area contributed by atoms with Crippen molar-refractivity contribution in [2.75, 3.05) is 19.6 Å². The molecule has 2 aromatic heterocycles. The zero-order valence-electron chi connectivity index (χ0n) is 15.3. The Hall–Kier alpha value is -2.87. The maximum atomic E-state index is 13.1. The third-order valence-electron chi connectivity index (χ3n) is 4.98. The largest absolute Gasteiger partial charge is 0.333 e. The van der Waals surface area contributed by atoms with Gasteiger partial charge in [-0.2, -0.15) is 0 Å². The van der Waals surface area contributed by atoms with Crippen LogP contribution in [0.4, 0.5) is 4.39 Å². The maximum absolute atomic E-state index is 13.1. The summed E-state index contributed by atoms with van der Waals surface area (Å²) in [6.45, 7) is 4.97. The van der Waals surface area contributed by atoms with E-state index in [2.05, 4.69) is 20.2 Å². The van der Waals surface area contributed by atoms with E-state index in [1.54, 1.807) is 36.1 Å². The zero-order chi connectivity index (χ0) is 19.0. The van der Waals surface area contributed by atoms with Crippen molar-refractivity contribution in [3.8, 4) is 0 Å². The van der Waals surface area contributed by atoms with Gasteiger partial charge in [-0.05, 0) is 30.7 Å². The van der Waals surface area contributed by atoms with Gasteiger partial charge in [0.1, 0.15) is 11.3 Å². The summed E-state index contributed by atoms with van der Waals surface area (Å²) in [6, 6.07) is 8.39. The van der Waals surface area contributed by atoms with Crippen molar-refractivity contribution in [3.63, 3.8) is 0 Å². The van der Waals surface area contributed by atoms with Crippen LogP contribution in [0.25, 0.3) is 11.2 Å². The molecule has 0 radical (unpaired) electrons. The quantitative estimate of drug-likeness (QED) is 0.706. The van der Waals surface area contributed by atoms with E-state index in [9.17, 15) is 9.18 Å². The van der Waals surface area contributed by atoms with E-state index in [4.69, 9.17) is 0 Å². The van der Waals surface area contributed by atoms with Crippen molar-refractivity contribution in [2.24, 2.45) is 7.05 Å². The fraction of sp³-hybridized carbons (Fsp3) is 0.368. The molecule has 1 saturated heterocycles. The number of aryl methyl sites for hydroxylation is 1. The smallest absolute Gasteiger partial charge is 0.255 e. The summed E-state index contributed by atoms with van der Waals surface area (Å²) < 4.78 is 14.6. The highest BCUT2D eigenvalue weighted by Crippen LogP contribution is 2.18. The summed E-state index contributed by atoms with van der Waals surface area (Å²) in [5, 5.41) is 7.96. The lowest BCUT2D eigenvalue weighted by molar-refractivity contribution is 0.0475. The predicted octanol–water partition coefficient (Wildman–Crippen LogP) is 1.85.